The second kappa shape index (κ2) is 8.38. The van der Waals surface area contributed by atoms with Crippen LogP contribution < -0.4 is 9.46 Å². The molecule has 0 amide bonds. The van der Waals surface area contributed by atoms with Gasteiger partial charge in [-0.2, -0.15) is 0 Å². The van der Waals surface area contributed by atoms with E-state index < -0.39 is 32.4 Å². The van der Waals surface area contributed by atoms with Crippen molar-refractivity contribution in [2.24, 2.45) is 0 Å². The fourth-order valence-electron chi connectivity index (χ4n) is 2.32. The predicted molar refractivity (Wildman–Crippen MR) is 99.9 cm³/mol. The SMILES string of the molecule is O=S(=O)(Nc1cscn1)c1cc(Cl)c(OCCc2c(F)cccc2F)cc1F. The molecule has 11 heteroatoms. The van der Waals surface area contributed by atoms with Gasteiger partial charge in [0.2, 0.25) is 0 Å². The zero-order valence-electron chi connectivity index (χ0n) is 14.0. The van der Waals surface area contributed by atoms with E-state index in [4.69, 9.17) is 16.3 Å². The standard InChI is InChI=1S/C17H12ClF3N2O3S2/c18-11-6-16(28(24,25)23-17-8-27-9-22-17)14(21)7-15(11)26-5-4-10-12(19)2-1-3-13(10)20/h1-3,6-9,23H,4-5H2. The molecule has 1 aromatic heterocycles. The third-order valence-electron chi connectivity index (χ3n) is 3.62. The highest BCUT2D eigenvalue weighted by atomic mass is 35.5. The van der Waals surface area contributed by atoms with E-state index in [9.17, 15) is 21.6 Å². The van der Waals surface area contributed by atoms with Crippen LogP contribution in [0.3, 0.4) is 0 Å². The number of hydrogen-bond donors (Lipinski definition) is 1. The van der Waals surface area contributed by atoms with E-state index in [1.165, 1.54) is 17.0 Å². The van der Waals surface area contributed by atoms with E-state index in [0.29, 0.717) is 0 Å². The Morgan fingerprint density at radius 2 is 1.86 bits per heavy atom. The second-order valence-electron chi connectivity index (χ2n) is 5.49. The van der Waals surface area contributed by atoms with Gasteiger partial charge < -0.3 is 4.74 Å². The normalized spacial score (nSPS) is 11.4. The Morgan fingerprint density at radius 1 is 1.14 bits per heavy atom. The maximum absolute atomic E-state index is 14.3. The molecule has 0 unspecified atom stereocenters. The quantitative estimate of drug-likeness (QED) is 0.572. The number of sulfonamides is 1. The van der Waals surface area contributed by atoms with Gasteiger partial charge in [-0.05, 0) is 18.2 Å². The number of aromatic nitrogens is 1. The number of nitrogens with zero attached hydrogens (tertiary/aromatic N) is 1. The molecule has 0 fully saturated rings. The van der Waals surface area contributed by atoms with Crippen molar-refractivity contribution >= 4 is 38.8 Å². The molecule has 3 aromatic rings. The minimum absolute atomic E-state index is 0.0489. The molecule has 0 spiro atoms. The smallest absolute Gasteiger partial charge is 0.266 e. The number of anilines is 1. The number of halogens is 4. The first kappa shape index (κ1) is 20.4. The molecule has 1 N–H and O–H groups in total. The molecular formula is C17H12ClF3N2O3S2. The van der Waals surface area contributed by atoms with Gasteiger partial charge in [0.05, 0.1) is 17.1 Å². The molecule has 0 saturated heterocycles. The van der Waals surface area contributed by atoms with Crippen LogP contribution in [0.15, 0.2) is 46.1 Å². The summed E-state index contributed by atoms with van der Waals surface area (Å²) in [6.45, 7) is -0.194. The van der Waals surface area contributed by atoms with Crippen LogP contribution >= 0.6 is 22.9 Å². The van der Waals surface area contributed by atoms with Crippen LogP contribution in [0.2, 0.25) is 5.02 Å². The van der Waals surface area contributed by atoms with E-state index in [0.717, 1.165) is 35.6 Å². The summed E-state index contributed by atoms with van der Waals surface area (Å²) in [6, 6.07) is 5.15. The Labute approximate surface area is 167 Å². The summed E-state index contributed by atoms with van der Waals surface area (Å²) in [5, 5.41) is 1.27. The van der Waals surface area contributed by atoms with Crippen molar-refractivity contribution < 1.29 is 26.3 Å². The van der Waals surface area contributed by atoms with Crippen LogP contribution in [0.5, 0.6) is 5.75 Å². The van der Waals surface area contributed by atoms with Gasteiger partial charge in [0.1, 0.15) is 28.1 Å². The lowest BCUT2D eigenvalue weighted by Crippen LogP contribution is -2.15. The largest absolute Gasteiger partial charge is 0.492 e. The van der Waals surface area contributed by atoms with Crippen molar-refractivity contribution in [3.05, 3.63) is 69.3 Å². The summed E-state index contributed by atoms with van der Waals surface area (Å²) >= 11 is 7.15. The number of hydrogen-bond acceptors (Lipinski definition) is 5. The molecule has 28 heavy (non-hydrogen) atoms. The zero-order valence-corrected chi connectivity index (χ0v) is 16.3. The molecule has 0 aliphatic carbocycles. The summed E-state index contributed by atoms with van der Waals surface area (Å²) in [6.07, 6.45) is -0.123. The highest BCUT2D eigenvalue weighted by molar-refractivity contribution is 7.92. The van der Waals surface area contributed by atoms with E-state index in [1.54, 1.807) is 0 Å². The summed E-state index contributed by atoms with van der Waals surface area (Å²) < 4.78 is 73.5. The Kier molecular flexibility index (Phi) is 6.11. The van der Waals surface area contributed by atoms with Gasteiger partial charge in [0.25, 0.3) is 10.0 Å². The summed E-state index contributed by atoms with van der Waals surface area (Å²) in [7, 11) is -4.25. The van der Waals surface area contributed by atoms with E-state index in [1.807, 2.05) is 0 Å². The first-order valence-corrected chi connectivity index (χ1v) is 10.5. The molecule has 0 atom stereocenters. The van der Waals surface area contributed by atoms with Crippen LogP contribution in [0.25, 0.3) is 0 Å². The number of rotatable bonds is 7. The molecule has 0 bridgehead atoms. The van der Waals surface area contributed by atoms with Crippen molar-refractivity contribution in [2.45, 2.75) is 11.3 Å². The third-order valence-corrected chi connectivity index (χ3v) is 5.87. The molecule has 3 rings (SSSR count). The van der Waals surface area contributed by atoms with Crippen LogP contribution in [0.1, 0.15) is 5.56 Å². The van der Waals surface area contributed by atoms with E-state index in [2.05, 4.69) is 9.71 Å². The minimum Gasteiger partial charge on any atom is -0.492 e. The fraction of sp³-hybridized carbons (Fsp3) is 0.118. The Balaban J connectivity index is 1.75. The van der Waals surface area contributed by atoms with Crippen molar-refractivity contribution in [1.82, 2.24) is 4.98 Å². The number of nitrogens with one attached hydrogen (secondary N) is 1. The van der Waals surface area contributed by atoms with Crippen molar-refractivity contribution in [1.29, 1.82) is 0 Å². The van der Waals surface area contributed by atoms with Crippen molar-refractivity contribution in [3.63, 3.8) is 0 Å². The van der Waals surface area contributed by atoms with Crippen LogP contribution in [-0.4, -0.2) is 20.0 Å². The van der Waals surface area contributed by atoms with Gasteiger partial charge in [0, 0.05) is 23.4 Å². The summed E-state index contributed by atoms with van der Waals surface area (Å²) in [5.41, 5.74) is 1.24. The monoisotopic (exact) mass is 448 g/mol. The second-order valence-corrected chi connectivity index (χ2v) is 8.27. The van der Waals surface area contributed by atoms with E-state index >= 15 is 0 Å². The van der Waals surface area contributed by atoms with Crippen molar-refractivity contribution in [3.8, 4) is 5.75 Å². The lowest BCUT2D eigenvalue weighted by atomic mass is 10.1. The molecule has 0 radical (unpaired) electrons. The average Bonchev–Trinajstić information content (AvgIpc) is 3.12. The third kappa shape index (κ3) is 4.57. The first-order chi connectivity index (χ1) is 13.3. The molecular weight excluding hydrogens is 437 g/mol. The van der Waals surface area contributed by atoms with Crippen LogP contribution in [0.4, 0.5) is 19.0 Å². The summed E-state index contributed by atoms with van der Waals surface area (Å²) in [5.74, 6) is -2.65. The highest BCUT2D eigenvalue weighted by Crippen LogP contribution is 2.31. The summed E-state index contributed by atoms with van der Waals surface area (Å²) in [4.78, 5) is 3.08. The number of thiazole rings is 1. The number of benzene rings is 2. The molecule has 0 aliphatic rings. The minimum atomic E-state index is -4.25. The average molecular weight is 449 g/mol. The van der Waals surface area contributed by atoms with Crippen molar-refractivity contribution in [2.75, 3.05) is 11.3 Å². The topological polar surface area (TPSA) is 68.3 Å². The molecule has 5 nitrogen and oxygen atoms in total. The van der Waals surface area contributed by atoms with Gasteiger partial charge in [-0.25, -0.2) is 26.6 Å². The Bertz CT molecular complexity index is 1070. The maximum atomic E-state index is 14.3. The predicted octanol–water partition coefficient (Wildman–Crippen LogP) is 4.64. The van der Waals surface area contributed by atoms with Gasteiger partial charge >= 0.3 is 0 Å². The lowest BCUT2D eigenvalue weighted by molar-refractivity contribution is 0.315. The van der Waals surface area contributed by atoms with Crippen LogP contribution in [-0.2, 0) is 16.4 Å². The highest BCUT2D eigenvalue weighted by Gasteiger charge is 2.23. The van der Waals surface area contributed by atoms with Gasteiger partial charge in [-0.1, -0.05) is 17.7 Å². The van der Waals surface area contributed by atoms with Gasteiger partial charge in [-0.15, -0.1) is 11.3 Å². The zero-order chi connectivity index (χ0) is 20.3. The Hall–Kier alpha value is -2.30. The van der Waals surface area contributed by atoms with Gasteiger partial charge in [-0.3, -0.25) is 4.72 Å². The lowest BCUT2D eigenvalue weighted by Gasteiger charge is -2.12. The fourth-order valence-corrected chi connectivity index (χ4v) is 4.24. The molecule has 0 saturated carbocycles. The first-order valence-electron chi connectivity index (χ1n) is 7.73. The van der Waals surface area contributed by atoms with Gasteiger partial charge in [0.15, 0.2) is 5.82 Å². The number of ether oxygens (including phenoxy) is 1. The van der Waals surface area contributed by atoms with Crippen LogP contribution in [0, 0.1) is 17.5 Å². The maximum Gasteiger partial charge on any atom is 0.266 e. The molecule has 148 valence electrons. The Morgan fingerprint density at radius 3 is 2.50 bits per heavy atom. The molecule has 0 aliphatic heterocycles. The molecule has 2 aromatic carbocycles. The van der Waals surface area contributed by atoms with E-state index in [-0.39, 0.29) is 35.2 Å². The molecule has 1 heterocycles.